The summed E-state index contributed by atoms with van der Waals surface area (Å²) in [6.45, 7) is 0. The fraction of sp³-hybridized carbons (Fsp3) is 1.00. The molecule has 2 rings (SSSR count). The Kier molecular flexibility index (Phi) is 2.38. The predicted molar refractivity (Wildman–Crippen MR) is 52.5 cm³/mol. The maximum Gasteiger partial charge on any atom is 0.0280 e. The van der Waals surface area contributed by atoms with E-state index in [1.54, 1.807) is 0 Å². The van der Waals surface area contributed by atoms with E-state index in [0.717, 1.165) is 11.1 Å². The third-order valence-electron chi connectivity index (χ3n) is 2.93. The molecule has 64 valence electrons. The van der Waals surface area contributed by atoms with Gasteiger partial charge in [0.25, 0.3) is 0 Å². The van der Waals surface area contributed by atoms with Crippen LogP contribution in [0.15, 0.2) is 0 Å². The van der Waals surface area contributed by atoms with Gasteiger partial charge in [-0.05, 0) is 43.3 Å². The Morgan fingerprint density at radius 2 is 2.27 bits per heavy atom. The molecule has 11 heavy (non-hydrogen) atoms. The summed E-state index contributed by atoms with van der Waals surface area (Å²) in [5, 5.41) is 0.955. The second-order valence-corrected chi connectivity index (χ2v) is 5.65. The minimum absolute atomic E-state index is 0.601. The molecule has 1 saturated heterocycles. The number of halogens is 1. The normalized spacial score (nSPS) is 34.1. The molecule has 0 aromatic heterocycles. The lowest BCUT2D eigenvalue weighted by atomic mass is 10.0. The molecule has 2 heteroatoms. The molecular weight excluding hydrogens is 176 g/mol. The Morgan fingerprint density at radius 3 is 2.73 bits per heavy atom. The Hall–Kier alpha value is 0.640. The van der Waals surface area contributed by atoms with E-state index >= 15 is 0 Å². The summed E-state index contributed by atoms with van der Waals surface area (Å²) >= 11 is 8.09. The first-order valence-corrected chi connectivity index (χ1v) is 6.11. The van der Waals surface area contributed by atoms with Crippen LogP contribution in [-0.2, 0) is 0 Å². The maximum absolute atomic E-state index is 5.92. The van der Waals surface area contributed by atoms with Gasteiger partial charge in [-0.15, -0.1) is 11.6 Å². The average molecular weight is 191 g/mol. The zero-order chi connectivity index (χ0) is 7.73. The van der Waals surface area contributed by atoms with E-state index in [1.165, 1.54) is 37.9 Å². The second kappa shape index (κ2) is 3.18. The monoisotopic (exact) mass is 190 g/mol. The van der Waals surface area contributed by atoms with Crippen molar-refractivity contribution >= 4 is 23.4 Å². The van der Waals surface area contributed by atoms with Gasteiger partial charge in [0.05, 0.1) is 0 Å². The number of alkyl halides is 1. The van der Waals surface area contributed by atoms with E-state index < -0.39 is 0 Å². The minimum atomic E-state index is 0.601. The van der Waals surface area contributed by atoms with Crippen molar-refractivity contribution in [3.05, 3.63) is 0 Å². The van der Waals surface area contributed by atoms with Crippen molar-refractivity contribution in [1.29, 1.82) is 0 Å². The van der Waals surface area contributed by atoms with Crippen molar-refractivity contribution in [2.24, 2.45) is 5.41 Å². The van der Waals surface area contributed by atoms with Crippen LogP contribution in [0.1, 0.15) is 32.1 Å². The zero-order valence-electron chi connectivity index (χ0n) is 6.81. The van der Waals surface area contributed by atoms with Crippen molar-refractivity contribution in [1.82, 2.24) is 0 Å². The topological polar surface area (TPSA) is 0 Å². The van der Waals surface area contributed by atoms with Gasteiger partial charge in [0.2, 0.25) is 0 Å². The summed E-state index contributed by atoms with van der Waals surface area (Å²) in [4.78, 5) is 0. The fourth-order valence-corrected chi connectivity index (χ4v) is 3.71. The van der Waals surface area contributed by atoms with E-state index in [-0.39, 0.29) is 0 Å². The van der Waals surface area contributed by atoms with E-state index in [4.69, 9.17) is 11.6 Å². The van der Waals surface area contributed by atoms with Crippen LogP contribution in [-0.4, -0.2) is 16.9 Å². The molecule has 2 aliphatic rings. The van der Waals surface area contributed by atoms with E-state index in [2.05, 4.69) is 11.8 Å². The Bertz CT molecular complexity index is 136. The molecule has 1 aliphatic carbocycles. The number of rotatable bonds is 3. The summed E-state index contributed by atoms with van der Waals surface area (Å²) in [5.41, 5.74) is 0.601. The predicted octanol–water partition coefficient (Wildman–Crippen LogP) is 3.29. The quantitative estimate of drug-likeness (QED) is 0.616. The number of hydrogen-bond acceptors (Lipinski definition) is 1. The van der Waals surface area contributed by atoms with Crippen molar-refractivity contribution in [3.8, 4) is 0 Å². The highest BCUT2D eigenvalue weighted by atomic mass is 35.5. The van der Waals surface area contributed by atoms with Crippen molar-refractivity contribution in [2.75, 3.05) is 11.6 Å². The molecule has 0 aromatic rings. The second-order valence-electron chi connectivity index (χ2n) is 3.97. The molecule has 0 bridgehead atoms. The molecule has 0 amide bonds. The SMILES string of the molecule is ClCC1(CC2CCCS2)CC1. The van der Waals surface area contributed by atoms with E-state index in [9.17, 15) is 0 Å². The van der Waals surface area contributed by atoms with Gasteiger partial charge in [0.15, 0.2) is 0 Å². The molecule has 1 unspecified atom stereocenters. The van der Waals surface area contributed by atoms with Crippen LogP contribution in [0.3, 0.4) is 0 Å². The van der Waals surface area contributed by atoms with Gasteiger partial charge < -0.3 is 0 Å². The molecular formula is C9H15ClS. The van der Waals surface area contributed by atoms with Crippen LogP contribution in [0, 0.1) is 5.41 Å². The van der Waals surface area contributed by atoms with Crippen LogP contribution in [0.5, 0.6) is 0 Å². The molecule has 1 aliphatic heterocycles. The summed E-state index contributed by atoms with van der Waals surface area (Å²) < 4.78 is 0. The van der Waals surface area contributed by atoms with E-state index in [0.29, 0.717) is 5.41 Å². The molecule has 0 N–H and O–H groups in total. The lowest BCUT2D eigenvalue weighted by Crippen LogP contribution is -2.10. The van der Waals surface area contributed by atoms with Crippen LogP contribution in [0.4, 0.5) is 0 Å². The molecule has 1 heterocycles. The van der Waals surface area contributed by atoms with Gasteiger partial charge in [-0.2, -0.15) is 11.8 Å². The molecule has 0 nitrogen and oxygen atoms in total. The van der Waals surface area contributed by atoms with Gasteiger partial charge in [-0.3, -0.25) is 0 Å². The summed E-state index contributed by atoms with van der Waals surface area (Å²) in [6, 6.07) is 0. The van der Waals surface area contributed by atoms with Crippen molar-refractivity contribution in [2.45, 2.75) is 37.4 Å². The first-order chi connectivity index (χ1) is 5.35. The molecule has 2 fully saturated rings. The molecule has 1 atom stereocenters. The lowest BCUT2D eigenvalue weighted by Gasteiger charge is -2.15. The maximum atomic E-state index is 5.92. The fourth-order valence-electron chi connectivity index (χ4n) is 1.86. The first-order valence-electron chi connectivity index (χ1n) is 4.52. The Morgan fingerprint density at radius 1 is 1.45 bits per heavy atom. The highest BCUT2D eigenvalue weighted by Gasteiger charge is 2.43. The standard InChI is InChI=1S/C9H15ClS/c10-7-9(3-4-9)6-8-2-1-5-11-8/h8H,1-7H2. The lowest BCUT2D eigenvalue weighted by molar-refractivity contribution is 0.504. The summed E-state index contributed by atoms with van der Waals surface area (Å²) in [5.74, 6) is 2.30. The largest absolute Gasteiger partial charge is 0.159 e. The third kappa shape index (κ3) is 1.86. The van der Waals surface area contributed by atoms with Crippen molar-refractivity contribution < 1.29 is 0 Å². The average Bonchev–Trinajstić information content (AvgIpc) is 2.59. The van der Waals surface area contributed by atoms with Gasteiger partial charge in [-0.1, -0.05) is 0 Å². The molecule has 0 radical (unpaired) electrons. The molecule has 0 aromatic carbocycles. The third-order valence-corrected chi connectivity index (χ3v) is 4.89. The van der Waals surface area contributed by atoms with Gasteiger partial charge in [0, 0.05) is 11.1 Å². The summed E-state index contributed by atoms with van der Waals surface area (Å²) in [7, 11) is 0. The van der Waals surface area contributed by atoms with Crippen LogP contribution >= 0.6 is 23.4 Å². The molecule has 1 saturated carbocycles. The Labute approximate surface area is 78.1 Å². The first kappa shape index (κ1) is 8.25. The van der Waals surface area contributed by atoms with Gasteiger partial charge in [-0.25, -0.2) is 0 Å². The van der Waals surface area contributed by atoms with Gasteiger partial charge in [0.1, 0.15) is 0 Å². The number of thioether (sulfide) groups is 1. The van der Waals surface area contributed by atoms with Gasteiger partial charge >= 0.3 is 0 Å². The van der Waals surface area contributed by atoms with Crippen LogP contribution < -0.4 is 0 Å². The molecule has 0 spiro atoms. The highest BCUT2D eigenvalue weighted by molar-refractivity contribution is 8.00. The van der Waals surface area contributed by atoms with Crippen LogP contribution in [0.25, 0.3) is 0 Å². The minimum Gasteiger partial charge on any atom is -0.159 e. The van der Waals surface area contributed by atoms with Crippen LogP contribution in [0.2, 0.25) is 0 Å². The van der Waals surface area contributed by atoms with E-state index in [1.807, 2.05) is 0 Å². The zero-order valence-corrected chi connectivity index (χ0v) is 8.39. The smallest absolute Gasteiger partial charge is 0.0280 e. The number of hydrogen-bond donors (Lipinski definition) is 0. The Balaban J connectivity index is 1.80. The highest BCUT2D eigenvalue weighted by Crippen LogP contribution is 2.53. The summed E-state index contributed by atoms with van der Waals surface area (Å²) in [6.07, 6.45) is 7.08. The van der Waals surface area contributed by atoms with Crippen molar-refractivity contribution in [3.63, 3.8) is 0 Å².